The fourth-order valence-electron chi connectivity index (χ4n) is 12.0. The lowest BCUT2D eigenvalue weighted by Gasteiger charge is -2.55. The Hall–Kier alpha value is -6.12. The van der Waals surface area contributed by atoms with Gasteiger partial charge in [-0.2, -0.15) is 0 Å². The number of para-hydroxylation sites is 3. The number of anilines is 6. The average Bonchev–Trinajstić information content (AvgIpc) is 3.48. The van der Waals surface area contributed by atoms with Crippen molar-refractivity contribution in [3.63, 3.8) is 0 Å². The molecule has 0 saturated carbocycles. The molecule has 2 heteroatoms. The molecule has 0 N–H and O–H groups in total. The third-order valence-corrected chi connectivity index (χ3v) is 15.4. The van der Waals surface area contributed by atoms with Crippen LogP contribution in [0.25, 0.3) is 28.3 Å². The third kappa shape index (κ3) is 4.49. The van der Waals surface area contributed by atoms with Crippen LogP contribution in [0.5, 0.6) is 0 Å². The van der Waals surface area contributed by atoms with Gasteiger partial charge in [0.05, 0.1) is 22.7 Å². The van der Waals surface area contributed by atoms with E-state index in [1.54, 1.807) is 0 Å². The van der Waals surface area contributed by atoms with Crippen LogP contribution in [-0.4, -0.2) is 0 Å². The van der Waals surface area contributed by atoms with Gasteiger partial charge >= 0.3 is 0 Å². The van der Waals surface area contributed by atoms with Gasteiger partial charge in [0.25, 0.3) is 0 Å². The van der Waals surface area contributed by atoms with E-state index in [9.17, 15) is 0 Å². The molecule has 0 atom stereocenters. The van der Waals surface area contributed by atoms with Crippen molar-refractivity contribution >= 4 is 40.2 Å². The first kappa shape index (κ1) is 35.8. The van der Waals surface area contributed by atoms with E-state index >= 15 is 0 Å². The van der Waals surface area contributed by atoms with Gasteiger partial charge in [-0.3, -0.25) is 0 Å². The summed E-state index contributed by atoms with van der Waals surface area (Å²) in [6, 6.07) is 51.4. The summed E-state index contributed by atoms with van der Waals surface area (Å²) in [6.07, 6.45) is 6.83. The van der Waals surface area contributed by atoms with Crippen LogP contribution in [0, 0.1) is 0 Å². The van der Waals surface area contributed by atoms with Crippen molar-refractivity contribution in [1.29, 1.82) is 0 Å². The van der Waals surface area contributed by atoms with Gasteiger partial charge in [0.15, 0.2) is 0 Å². The molecule has 0 unspecified atom stereocenters. The van der Waals surface area contributed by atoms with Gasteiger partial charge in [-0.15, -0.1) is 0 Å². The smallest absolute Gasteiger partial charge is 0.0544 e. The van der Waals surface area contributed by atoms with Crippen LogP contribution in [-0.2, 0) is 28.1 Å². The summed E-state index contributed by atoms with van der Waals surface area (Å²) in [5.41, 5.74) is 26.4. The topological polar surface area (TPSA) is 6.48 Å². The first-order valence-corrected chi connectivity index (χ1v) is 22.0. The van der Waals surface area contributed by atoms with Gasteiger partial charge in [-0.05, 0) is 134 Å². The minimum atomic E-state index is -0.193. The molecule has 7 aromatic carbocycles. The number of hydrogen-bond acceptors (Lipinski definition) is 2. The lowest BCUT2D eigenvalue weighted by Crippen LogP contribution is -2.43. The van der Waals surface area contributed by atoms with Crippen molar-refractivity contribution in [3.8, 4) is 22.3 Å². The average molecular weight is 777 g/mol. The van der Waals surface area contributed by atoms with Crippen molar-refractivity contribution in [1.82, 2.24) is 0 Å². The van der Waals surface area contributed by atoms with Crippen LogP contribution >= 0.6 is 0 Å². The standard InChI is InChI=1S/C58H52N2/c1-55(2)43-22-15-24-45-52(43)60-53-44(55)23-16-25-46(53)57(5,6)50-33-37(32-49(54(50)60)56(45,3)4)36-27-29-41-42-30-28-39(34-48(42)58(7,8)47(41)31-36)59(38-19-10-9-11-20-38)51-26-14-18-35-17-12-13-21-40(35)51/h9-11,13-16,18-34H,12,17H2,1-8H3. The van der Waals surface area contributed by atoms with E-state index < -0.39 is 0 Å². The van der Waals surface area contributed by atoms with E-state index in [1.165, 1.54) is 112 Å². The predicted octanol–water partition coefficient (Wildman–Crippen LogP) is 15.5. The number of hydrogen-bond donors (Lipinski definition) is 0. The summed E-state index contributed by atoms with van der Waals surface area (Å²) in [4.78, 5) is 5.14. The van der Waals surface area contributed by atoms with Gasteiger partial charge in [0, 0.05) is 38.6 Å². The molecule has 60 heavy (non-hydrogen) atoms. The molecule has 3 aliphatic heterocycles. The molecule has 294 valence electrons. The highest BCUT2D eigenvalue weighted by atomic mass is 15.2. The van der Waals surface area contributed by atoms with E-state index in [1.807, 2.05) is 0 Å². The monoisotopic (exact) mass is 776 g/mol. The predicted molar refractivity (Wildman–Crippen MR) is 253 cm³/mol. The zero-order valence-electron chi connectivity index (χ0n) is 36.2. The molecule has 2 aliphatic carbocycles. The van der Waals surface area contributed by atoms with Crippen LogP contribution in [0.15, 0.2) is 140 Å². The summed E-state index contributed by atoms with van der Waals surface area (Å²) < 4.78 is 0. The maximum atomic E-state index is 2.67. The summed E-state index contributed by atoms with van der Waals surface area (Å²) in [7, 11) is 0. The van der Waals surface area contributed by atoms with E-state index in [0.29, 0.717) is 0 Å². The van der Waals surface area contributed by atoms with E-state index in [4.69, 9.17) is 0 Å². The van der Waals surface area contributed by atoms with Crippen LogP contribution in [0.1, 0.15) is 117 Å². The van der Waals surface area contributed by atoms with Gasteiger partial charge in [0.2, 0.25) is 0 Å². The van der Waals surface area contributed by atoms with Crippen molar-refractivity contribution in [2.24, 2.45) is 0 Å². The van der Waals surface area contributed by atoms with Crippen LogP contribution < -0.4 is 9.80 Å². The Balaban J connectivity index is 1.01. The lowest BCUT2D eigenvalue weighted by atomic mass is 9.60. The van der Waals surface area contributed by atoms with E-state index in [-0.39, 0.29) is 21.7 Å². The Morgan fingerprint density at radius 2 is 0.950 bits per heavy atom. The van der Waals surface area contributed by atoms with Gasteiger partial charge in [-0.25, -0.2) is 0 Å². The first-order chi connectivity index (χ1) is 28.8. The highest BCUT2D eigenvalue weighted by molar-refractivity contribution is 5.99. The Kier molecular flexibility index (Phi) is 7.03. The quantitative estimate of drug-likeness (QED) is 0.176. The molecule has 0 fully saturated rings. The first-order valence-electron chi connectivity index (χ1n) is 22.0. The number of nitrogens with zero attached hydrogens (tertiary/aromatic N) is 2. The van der Waals surface area contributed by atoms with Crippen molar-refractivity contribution in [2.45, 2.75) is 89.9 Å². The number of allylic oxidation sites excluding steroid dienone is 1. The van der Waals surface area contributed by atoms with Gasteiger partial charge < -0.3 is 9.80 Å². The summed E-state index contributed by atoms with van der Waals surface area (Å²) in [5.74, 6) is 0. The minimum absolute atomic E-state index is 0.0952. The number of rotatable bonds is 4. The lowest BCUT2D eigenvalue weighted by molar-refractivity contribution is 0.567. The van der Waals surface area contributed by atoms with Crippen molar-refractivity contribution < 1.29 is 0 Å². The Bertz CT molecular complexity index is 2950. The van der Waals surface area contributed by atoms with Gasteiger partial charge in [0.1, 0.15) is 0 Å². The number of benzene rings is 7. The molecule has 0 amide bonds. The largest absolute Gasteiger partial charge is 0.310 e. The zero-order valence-corrected chi connectivity index (χ0v) is 36.2. The normalized spacial score (nSPS) is 18.0. The summed E-state index contributed by atoms with van der Waals surface area (Å²) in [6.45, 7) is 19.5. The summed E-state index contributed by atoms with van der Waals surface area (Å²) in [5, 5.41) is 0. The second-order valence-electron chi connectivity index (χ2n) is 20.1. The SMILES string of the molecule is CC1(C)c2cc(-c3cc4c5c(c3)C(C)(C)c3cccc6c3N5c3c(cccc3C4(C)C)C6(C)C)ccc2-c2ccc(N(c3ccccc3)c3cccc4c3C=CCC4)cc21. The Labute approximate surface area is 355 Å². The molecule has 7 aromatic rings. The minimum Gasteiger partial charge on any atom is -0.310 e. The molecule has 0 bridgehead atoms. The van der Waals surface area contributed by atoms with Gasteiger partial charge in [-0.1, -0.05) is 152 Å². The maximum absolute atomic E-state index is 2.67. The molecule has 3 heterocycles. The molecule has 0 saturated heterocycles. The highest BCUT2D eigenvalue weighted by Gasteiger charge is 2.51. The summed E-state index contributed by atoms with van der Waals surface area (Å²) >= 11 is 0. The molecule has 5 aliphatic rings. The number of aryl methyl sites for hydroxylation is 1. The van der Waals surface area contributed by atoms with E-state index in [2.05, 4.69) is 211 Å². The van der Waals surface area contributed by atoms with Crippen molar-refractivity contribution in [2.75, 3.05) is 9.80 Å². The van der Waals surface area contributed by atoms with Crippen LogP contribution in [0.3, 0.4) is 0 Å². The number of fused-ring (bicyclic) bond motifs is 4. The zero-order chi connectivity index (χ0) is 41.1. The molecular weight excluding hydrogens is 725 g/mol. The maximum Gasteiger partial charge on any atom is 0.0544 e. The Morgan fingerprint density at radius 1 is 0.433 bits per heavy atom. The highest BCUT2D eigenvalue weighted by Crippen LogP contribution is 2.66. The van der Waals surface area contributed by atoms with Crippen LogP contribution in [0.2, 0.25) is 0 Å². The molecular formula is C58H52N2. The van der Waals surface area contributed by atoms with Crippen molar-refractivity contribution in [3.05, 3.63) is 195 Å². The molecule has 0 radical (unpaired) electrons. The Morgan fingerprint density at radius 3 is 1.58 bits per heavy atom. The fraction of sp³-hybridized carbons (Fsp3) is 0.241. The third-order valence-electron chi connectivity index (χ3n) is 15.4. The molecule has 12 rings (SSSR count). The molecule has 2 nitrogen and oxygen atoms in total. The van der Waals surface area contributed by atoms with Crippen LogP contribution in [0.4, 0.5) is 34.1 Å². The second kappa shape index (κ2) is 11.8. The fourth-order valence-corrected chi connectivity index (χ4v) is 12.0. The second-order valence-corrected chi connectivity index (χ2v) is 20.1. The molecule has 0 spiro atoms. The molecule has 0 aromatic heterocycles. The van der Waals surface area contributed by atoms with E-state index in [0.717, 1.165) is 12.8 Å².